The minimum atomic E-state index is 0.0577. The van der Waals surface area contributed by atoms with Crippen molar-refractivity contribution >= 4 is 56.8 Å². The summed E-state index contributed by atoms with van der Waals surface area (Å²) in [5.41, 5.74) is 7.99. The Kier molecular flexibility index (Phi) is 17.4. The van der Waals surface area contributed by atoms with Crippen LogP contribution < -0.4 is 30.7 Å². The van der Waals surface area contributed by atoms with E-state index in [-0.39, 0.29) is 21.7 Å². The van der Waals surface area contributed by atoms with E-state index in [1.54, 1.807) is 54.2 Å². The summed E-state index contributed by atoms with van der Waals surface area (Å²) in [5, 5.41) is 5.22. The van der Waals surface area contributed by atoms with Crippen molar-refractivity contribution in [1.82, 2.24) is 0 Å². The van der Waals surface area contributed by atoms with E-state index in [0.29, 0.717) is 17.2 Å². The Morgan fingerprint density at radius 3 is 0.920 bits per heavy atom. The molecule has 0 aliphatic carbocycles. The number of hydrogen-bond acceptors (Lipinski definition) is 2. The fraction of sp³-hybridized carbons (Fsp3) is 0.429. The first kappa shape index (κ1) is 45.6. The van der Waals surface area contributed by atoms with E-state index in [4.69, 9.17) is 9.47 Å². The molecule has 4 aromatic rings. The van der Waals surface area contributed by atoms with E-state index in [1.165, 1.54) is 43.5 Å². The van der Waals surface area contributed by atoms with Crippen molar-refractivity contribution in [3.8, 4) is 22.6 Å². The zero-order valence-corrected chi connectivity index (χ0v) is 39.9. The molecular weight excluding hydrogens is 1060 g/mol. The average Bonchev–Trinajstić information content (AvgIpc) is 3.04. The Labute approximate surface area is 340 Å². The number of ether oxygens (including phenoxy) is 2. The zero-order chi connectivity index (χ0) is 38.2. The third kappa shape index (κ3) is 12.2. The first-order chi connectivity index (χ1) is 23.2. The van der Waals surface area contributed by atoms with Gasteiger partial charge in [-0.3, -0.25) is 0 Å². The van der Waals surface area contributed by atoms with Crippen LogP contribution in [0.1, 0.15) is 105 Å². The van der Waals surface area contributed by atoms with E-state index in [9.17, 15) is 0 Å². The van der Waals surface area contributed by atoms with Gasteiger partial charge in [0.15, 0.2) is 0 Å². The number of halogens is 2. The van der Waals surface area contributed by atoms with Gasteiger partial charge in [-0.05, 0) is 77.3 Å². The molecule has 0 radical (unpaired) electrons. The first-order valence-corrected chi connectivity index (χ1v) is 24.0. The van der Waals surface area contributed by atoms with Gasteiger partial charge in [0.1, 0.15) is 11.5 Å². The van der Waals surface area contributed by atoms with Crippen LogP contribution in [0.25, 0.3) is 11.1 Å². The predicted molar refractivity (Wildman–Crippen MR) is 220 cm³/mol. The first-order valence-electron chi connectivity index (χ1n) is 16.7. The van der Waals surface area contributed by atoms with E-state index in [2.05, 4.69) is 174 Å². The third-order valence-electron chi connectivity index (χ3n) is 8.63. The van der Waals surface area contributed by atoms with Crippen molar-refractivity contribution in [3.05, 3.63) is 95.1 Å². The molecule has 0 saturated heterocycles. The van der Waals surface area contributed by atoms with Crippen LogP contribution in [-0.4, -0.2) is 14.2 Å². The van der Waals surface area contributed by atoms with Crippen molar-refractivity contribution < 1.29 is 49.4 Å². The summed E-state index contributed by atoms with van der Waals surface area (Å²) in [4.78, 5) is 0. The fourth-order valence-electron chi connectivity index (χ4n) is 5.57. The molecule has 0 N–H and O–H groups in total. The summed E-state index contributed by atoms with van der Waals surface area (Å²) in [5.74, 6) is 1.75. The summed E-state index contributed by atoms with van der Waals surface area (Å²) >= 11 is 3.50. The minimum absolute atomic E-state index is 0.0577. The van der Waals surface area contributed by atoms with Gasteiger partial charge in [0.2, 0.25) is 0 Å². The van der Waals surface area contributed by atoms with E-state index < -0.39 is 0 Å². The molecule has 4 rings (SSSR count). The standard InChI is InChI=1S/C42H56O2P2.2Au.2ClH/c1-39(2,3)27-21-28(40(4,5)6)24-31(23-27)45-35-19-15-17-33(43-13)37(35)38-34(44-14)18-16-20-36(38)46-32-25-29(41(7,8)9)22-30(26-32)42(10,11)12;;;;/h15-26,45-46H,1-14H3;;;2*1H/q;2*+1;;/p-2. The topological polar surface area (TPSA) is 18.5 Å². The second-order valence-electron chi connectivity index (χ2n) is 16.6. The van der Waals surface area contributed by atoms with Crippen LogP contribution >= 0.6 is 35.5 Å². The zero-order valence-electron chi connectivity index (χ0n) is 32.1. The Morgan fingerprint density at radius 2 is 0.700 bits per heavy atom. The quantitative estimate of drug-likeness (QED) is 0.136. The van der Waals surface area contributed by atoms with Gasteiger partial charge >= 0.3 is 58.4 Å². The molecule has 0 aromatic heterocycles. The summed E-state index contributed by atoms with van der Waals surface area (Å²) in [6.07, 6.45) is 0. The Balaban J connectivity index is 0.00000209. The van der Waals surface area contributed by atoms with Gasteiger partial charge in [0, 0.05) is 11.1 Å². The molecule has 0 aliphatic rings. The van der Waals surface area contributed by atoms with Crippen LogP contribution in [0, 0.1) is 0 Å². The van der Waals surface area contributed by atoms with Gasteiger partial charge < -0.3 is 9.47 Å². The van der Waals surface area contributed by atoms with E-state index in [0.717, 1.165) is 22.6 Å². The SMILES string of the molecule is COc1cccc(Pc2cc(C(C)(C)C)cc(C(C)(C)C)c2)c1-c1c(OC)cccc1Pc1cc(C(C)(C)C)cc(C(C)(C)C)c1.[Cl][Au].[Cl][Au]. The van der Waals surface area contributed by atoms with Crippen LogP contribution in [0.5, 0.6) is 11.5 Å². The molecular formula is C42H56Au2Cl2O2P2. The van der Waals surface area contributed by atoms with Gasteiger partial charge in [-0.2, -0.15) is 0 Å². The molecule has 0 heterocycles. The molecule has 2 nitrogen and oxygen atoms in total. The molecule has 0 spiro atoms. The average molecular weight is 1120 g/mol. The second kappa shape index (κ2) is 19.1. The molecule has 0 bridgehead atoms. The van der Waals surface area contributed by atoms with Crippen LogP contribution in [0.4, 0.5) is 0 Å². The van der Waals surface area contributed by atoms with Gasteiger partial charge in [0.05, 0.1) is 14.2 Å². The van der Waals surface area contributed by atoms with Crippen LogP contribution in [0.3, 0.4) is 0 Å². The van der Waals surface area contributed by atoms with Crippen molar-refractivity contribution in [3.63, 3.8) is 0 Å². The van der Waals surface area contributed by atoms with Gasteiger partial charge in [-0.15, -0.1) is 0 Å². The van der Waals surface area contributed by atoms with E-state index in [1.807, 2.05) is 0 Å². The summed E-state index contributed by atoms with van der Waals surface area (Å²) in [6.45, 7) is 27.7. The summed E-state index contributed by atoms with van der Waals surface area (Å²) in [6, 6.07) is 27.4. The van der Waals surface area contributed by atoms with Crippen molar-refractivity contribution in [2.45, 2.75) is 105 Å². The maximum absolute atomic E-state index is 6.12. The van der Waals surface area contributed by atoms with Crippen LogP contribution in [-0.2, 0) is 61.6 Å². The Morgan fingerprint density at radius 1 is 0.440 bits per heavy atom. The Hall–Kier alpha value is -0.599. The fourth-order valence-corrected chi connectivity index (χ4v) is 8.21. The van der Waals surface area contributed by atoms with Crippen molar-refractivity contribution in [2.24, 2.45) is 0 Å². The normalized spacial score (nSPS) is 12.5. The van der Waals surface area contributed by atoms with E-state index >= 15 is 0 Å². The molecule has 2 unspecified atom stereocenters. The molecule has 0 fully saturated rings. The number of methoxy groups -OCH3 is 2. The summed E-state index contributed by atoms with van der Waals surface area (Å²) < 4.78 is 12.2. The van der Waals surface area contributed by atoms with Gasteiger partial charge in [0.25, 0.3) is 0 Å². The molecule has 2 atom stereocenters. The number of benzene rings is 4. The van der Waals surface area contributed by atoms with Crippen LogP contribution in [0.15, 0.2) is 72.8 Å². The summed E-state index contributed by atoms with van der Waals surface area (Å²) in [7, 11) is 13.7. The maximum atomic E-state index is 6.12. The molecule has 4 aromatic carbocycles. The number of rotatable bonds is 7. The van der Waals surface area contributed by atoms with Crippen molar-refractivity contribution in [1.29, 1.82) is 0 Å². The Bertz CT molecular complexity index is 1520. The molecule has 282 valence electrons. The molecule has 0 amide bonds. The monoisotopic (exact) mass is 1120 g/mol. The third-order valence-corrected chi connectivity index (χ3v) is 11.2. The molecule has 50 heavy (non-hydrogen) atoms. The molecule has 8 heteroatoms. The van der Waals surface area contributed by atoms with Gasteiger partial charge in [-0.1, -0.05) is 161 Å². The molecule has 0 aliphatic heterocycles. The number of hydrogen-bond donors (Lipinski definition) is 0. The van der Waals surface area contributed by atoms with Crippen molar-refractivity contribution in [2.75, 3.05) is 14.2 Å². The molecule has 0 saturated carbocycles. The van der Waals surface area contributed by atoms with Gasteiger partial charge in [-0.25, -0.2) is 0 Å². The van der Waals surface area contributed by atoms with Crippen LogP contribution in [0.2, 0.25) is 0 Å². The predicted octanol–water partition coefficient (Wildman–Crippen LogP) is 11.2. The second-order valence-corrected chi connectivity index (χ2v) is 19.3.